The highest BCUT2D eigenvalue weighted by molar-refractivity contribution is 5.95. The Morgan fingerprint density at radius 3 is 2.46 bits per heavy atom. The second-order valence-electron chi connectivity index (χ2n) is 8.83. The predicted octanol–water partition coefficient (Wildman–Crippen LogP) is 6.85. The molecule has 1 aliphatic carbocycles. The molecule has 28 heavy (non-hydrogen) atoms. The zero-order valence-corrected chi connectivity index (χ0v) is 19.0. The van der Waals surface area contributed by atoms with Crippen LogP contribution in [0.4, 0.5) is 0 Å². The molecular formula is C26H41NO. The summed E-state index contributed by atoms with van der Waals surface area (Å²) in [5.74, 6) is 0.121. The van der Waals surface area contributed by atoms with Gasteiger partial charge in [0.05, 0.1) is 0 Å². The molecule has 0 saturated carbocycles. The van der Waals surface area contributed by atoms with Gasteiger partial charge in [-0.05, 0) is 49.2 Å². The molecule has 0 radical (unpaired) electrons. The number of hydrogen-bond donors (Lipinski definition) is 1. The molecule has 0 saturated heterocycles. The summed E-state index contributed by atoms with van der Waals surface area (Å²) < 4.78 is 0. The third-order valence-corrected chi connectivity index (χ3v) is 5.98. The lowest BCUT2D eigenvalue weighted by Gasteiger charge is -2.47. The molecule has 1 atom stereocenters. The van der Waals surface area contributed by atoms with Gasteiger partial charge in [0.2, 0.25) is 0 Å². The molecular weight excluding hydrogens is 342 g/mol. The molecule has 156 valence electrons. The van der Waals surface area contributed by atoms with Gasteiger partial charge in [0, 0.05) is 17.5 Å². The second-order valence-corrected chi connectivity index (χ2v) is 8.83. The number of carbonyl (C=O) groups excluding carboxylic acids is 1. The Labute approximate surface area is 173 Å². The van der Waals surface area contributed by atoms with Gasteiger partial charge in [-0.2, -0.15) is 0 Å². The number of nitrogens with two attached hydrogens (primary N) is 1. The largest absolute Gasteiger partial charge is 0.327 e. The summed E-state index contributed by atoms with van der Waals surface area (Å²) in [6, 6.07) is 0. The van der Waals surface area contributed by atoms with Gasteiger partial charge in [0.1, 0.15) is 0 Å². The molecule has 2 N–H and O–H groups in total. The number of hydrogen-bond acceptors (Lipinski definition) is 2. The van der Waals surface area contributed by atoms with E-state index in [4.69, 9.17) is 5.73 Å². The van der Waals surface area contributed by atoms with E-state index in [0.717, 1.165) is 36.8 Å². The minimum atomic E-state index is -0.0755. The van der Waals surface area contributed by atoms with E-state index in [9.17, 15) is 4.79 Å². The zero-order chi connectivity index (χ0) is 21.4. The third kappa shape index (κ3) is 5.91. The average Bonchev–Trinajstić information content (AvgIpc) is 2.61. The lowest BCUT2D eigenvalue weighted by Crippen LogP contribution is -2.35. The van der Waals surface area contributed by atoms with Crippen molar-refractivity contribution < 1.29 is 4.79 Å². The molecule has 0 aliphatic heterocycles. The second kappa shape index (κ2) is 10.8. The minimum Gasteiger partial charge on any atom is -0.327 e. The quantitative estimate of drug-likeness (QED) is 0.254. The molecule has 1 aliphatic rings. The lowest BCUT2D eigenvalue weighted by atomic mass is 9.57. The molecule has 0 heterocycles. The van der Waals surface area contributed by atoms with E-state index in [1.807, 2.05) is 12.2 Å². The molecule has 0 aromatic rings. The SMILES string of the molecule is C=C(CC=C/C(=C\CCC)C(C)=O)C1=CC[C@](C)(CCC)/C(=C\CN)C1(C)C. The van der Waals surface area contributed by atoms with Crippen LogP contribution >= 0.6 is 0 Å². The van der Waals surface area contributed by atoms with Gasteiger partial charge in [-0.15, -0.1) is 0 Å². The Hall–Kier alpha value is -1.67. The Bertz CT molecular complexity index is 687. The summed E-state index contributed by atoms with van der Waals surface area (Å²) >= 11 is 0. The van der Waals surface area contributed by atoms with Crippen LogP contribution in [0.1, 0.15) is 80.1 Å². The van der Waals surface area contributed by atoms with Crippen molar-refractivity contribution in [2.75, 3.05) is 6.54 Å². The van der Waals surface area contributed by atoms with Crippen LogP contribution in [0.25, 0.3) is 0 Å². The number of rotatable bonds is 10. The maximum absolute atomic E-state index is 11.8. The van der Waals surface area contributed by atoms with Gasteiger partial charge in [-0.25, -0.2) is 0 Å². The molecule has 0 bridgehead atoms. The number of allylic oxidation sites excluding steroid dienone is 8. The molecule has 0 unspecified atom stereocenters. The van der Waals surface area contributed by atoms with E-state index in [2.05, 4.69) is 59.4 Å². The first-order valence-electron chi connectivity index (χ1n) is 10.8. The van der Waals surface area contributed by atoms with Gasteiger partial charge in [-0.1, -0.05) is 90.0 Å². The zero-order valence-electron chi connectivity index (χ0n) is 19.0. The fourth-order valence-electron chi connectivity index (χ4n) is 4.65. The Balaban J connectivity index is 3.07. The molecule has 0 aromatic heterocycles. The Kier molecular flexibility index (Phi) is 9.36. The molecule has 0 spiro atoms. The van der Waals surface area contributed by atoms with Crippen LogP contribution in [0, 0.1) is 10.8 Å². The van der Waals surface area contributed by atoms with Crippen molar-refractivity contribution in [2.24, 2.45) is 16.6 Å². The van der Waals surface area contributed by atoms with Crippen LogP contribution in [0.3, 0.4) is 0 Å². The van der Waals surface area contributed by atoms with E-state index in [0.29, 0.717) is 6.54 Å². The van der Waals surface area contributed by atoms with E-state index in [1.54, 1.807) is 6.92 Å². The van der Waals surface area contributed by atoms with Crippen LogP contribution in [0.15, 0.2) is 59.3 Å². The molecule has 1 rings (SSSR count). The van der Waals surface area contributed by atoms with Gasteiger partial charge >= 0.3 is 0 Å². The standard InChI is InChI=1S/C26H41NO/c1-8-10-13-22(21(4)28)14-11-12-20(3)23-15-18-26(7,17-9-2)24(16-19-27)25(23,5)6/h11,13-16H,3,8-10,12,17-19,27H2,1-2,4-7H3/b14-11?,22-13+,24-16-/t26-/m0/s1. The first kappa shape index (κ1) is 24.4. The summed E-state index contributed by atoms with van der Waals surface area (Å²) in [4.78, 5) is 11.8. The van der Waals surface area contributed by atoms with Crippen LogP contribution in [-0.4, -0.2) is 12.3 Å². The third-order valence-electron chi connectivity index (χ3n) is 5.98. The maximum Gasteiger partial charge on any atom is 0.159 e. The van der Waals surface area contributed by atoms with Crippen molar-refractivity contribution in [3.05, 3.63) is 59.3 Å². The summed E-state index contributed by atoms with van der Waals surface area (Å²) in [5.41, 5.74) is 10.7. The van der Waals surface area contributed by atoms with Crippen LogP contribution in [-0.2, 0) is 4.79 Å². The van der Waals surface area contributed by atoms with Gasteiger partial charge in [0.25, 0.3) is 0 Å². The fraction of sp³-hybridized carbons (Fsp3) is 0.577. The van der Waals surface area contributed by atoms with E-state index in [-0.39, 0.29) is 16.6 Å². The number of Topliss-reactive ketones (excluding diaryl/α,β-unsaturated/α-hetero) is 1. The predicted molar refractivity (Wildman–Crippen MR) is 123 cm³/mol. The van der Waals surface area contributed by atoms with Gasteiger partial charge < -0.3 is 5.73 Å². The first-order chi connectivity index (χ1) is 13.1. The molecule has 2 heteroatoms. The van der Waals surface area contributed by atoms with E-state index in [1.165, 1.54) is 24.0 Å². The molecule has 0 amide bonds. The Morgan fingerprint density at radius 2 is 1.93 bits per heavy atom. The summed E-state index contributed by atoms with van der Waals surface area (Å²) in [7, 11) is 0. The van der Waals surface area contributed by atoms with Crippen molar-refractivity contribution in [1.82, 2.24) is 0 Å². The first-order valence-corrected chi connectivity index (χ1v) is 10.8. The van der Waals surface area contributed by atoms with Crippen molar-refractivity contribution in [3.8, 4) is 0 Å². The maximum atomic E-state index is 11.8. The van der Waals surface area contributed by atoms with E-state index >= 15 is 0 Å². The Morgan fingerprint density at radius 1 is 1.25 bits per heavy atom. The van der Waals surface area contributed by atoms with Crippen molar-refractivity contribution in [3.63, 3.8) is 0 Å². The average molecular weight is 384 g/mol. The summed E-state index contributed by atoms with van der Waals surface area (Å²) in [5, 5.41) is 0. The van der Waals surface area contributed by atoms with Gasteiger partial charge in [0.15, 0.2) is 5.78 Å². The number of ketones is 1. The highest BCUT2D eigenvalue weighted by atomic mass is 16.1. The normalized spacial score (nSPS) is 23.9. The van der Waals surface area contributed by atoms with Crippen molar-refractivity contribution >= 4 is 5.78 Å². The lowest BCUT2D eigenvalue weighted by molar-refractivity contribution is -0.113. The van der Waals surface area contributed by atoms with Crippen molar-refractivity contribution in [2.45, 2.75) is 80.1 Å². The summed E-state index contributed by atoms with van der Waals surface area (Å²) in [6.07, 6.45) is 16.8. The summed E-state index contributed by atoms with van der Waals surface area (Å²) in [6.45, 7) is 17.9. The topological polar surface area (TPSA) is 43.1 Å². The van der Waals surface area contributed by atoms with Gasteiger partial charge in [-0.3, -0.25) is 4.79 Å². The number of carbonyl (C=O) groups is 1. The minimum absolute atomic E-state index is 0.0755. The molecule has 0 aromatic carbocycles. The fourth-order valence-corrected chi connectivity index (χ4v) is 4.65. The smallest absolute Gasteiger partial charge is 0.159 e. The van der Waals surface area contributed by atoms with Crippen LogP contribution < -0.4 is 5.73 Å². The highest BCUT2D eigenvalue weighted by Crippen LogP contribution is 2.54. The van der Waals surface area contributed by atoms with E-state index < -0.39 is 0 Å². The highest BCUT2D eigenvalue weighted by Gasteiger charge is 2.42. The van der Waals surface area contributed by atoms with Crippen LogP contribution in [0.5, 0.6) is 0 Å². The monoisotopic (exact) mass is 383 g/mol. The number of unbranched alkanes of at least 4 members (excludes halogenated alkanes) is 1. The van der Waals surface area contributed by atoms with Crippen molar-refractivity contribution in [1.29, 1.82) is 0 Å². The molecule has 2 nitrogen and oxygen atoms in total. The molecule has 0 fully saturated rings. The van der Waals surface area contributed by atoms with Crippen LogP contribution in [0.2, 0.25) is 0 Å².